The van der Waals surface area contributed by atoms with E-state index in [9.17, 15) is 0 Å². The van der Waals surface area contributed by atoms with Gasteiger partial charge in [0.1, 0.15) is 5.01 Å². The van der Waals surface area contributed by atoms with Crippen LogP contribution in [0.1, 0.15) is 23.0 Å². The Balaban J connectivity index is 2.06. The van der Waals surface area contributed by atoms with Crippen molar-refractivity contribution in [2.24, 2.45) is 0 Å². The predicted octanol–water partition coefficient (Wildman–Crippen LogP) is 1.63. The molecule has 1 atom stereocenters. The van der Waals surface area contributed by atoms with Crippen LogP contribution < -0.4 is 0 Å². The summed E-state index contributed by atoms with van der Waals surface area (Å²) >= 11 is 1.61. The third kappa shape index (κ3) is 1.94. The summed E-state index contributed by atoms with van der Waals surface area (Å²) in [4.78, 5) is 6.81. The van der Waals surface area contributed by atoms with Gasteiger partial charge in [0.25, 0.3) is 0 Å². The molecule has 74 valence electrons. The number of rotatable bonds is 2. The van der Waals surface area contributed by atoms with E-state index in [1.165, 1.54) is 12.1 Å². The first-order valence-corrected chi connectivity index (χ1v) is 5.67. The molecule has 2 heterocycles. The molecule has 2 rings (SSSR count). The molecule has 0 aliphatic carbocycles. The van der Waals surface area contributed by atoms with Crippen molar-refractivity contribution in [2.75, 3.05) is 20.1 Å². The molecule has 1 aromatic heterocycles. The highest BCUT2D eigenvalue weighted by Crippen LogP contribution is 2.27. The second-order valence-corrected chi connectivity index (χ2v) is 4.69. The van der Waals surface area contributed by atoms with Gasteiger partial charge in [0.2, 0.25) is 0 Å². The third-order valence-electron chi connectivity index (χ3n) is 2.61. The van der Waals surface area contributed by atoms with Crippen LogP contribution in [0.5, 0.6) is 0 Å². The van der Waals surface area contributed by atoms with Gasteiger partial charge in [-0.1, -0.05) is 0 Å². The second kappa shape index (κ2) is 4.07. The van der Waals surface area contributed by atoms with E-state index in [4.69, 9.17) is 5.26 Å². The van der Waals surface area contributed by atoms with Gasteiger partial charge in [0.05, 0.1) is 18.2 Å². The van der Waals surface area contributed by atoms with Gasteiger partial charge in [-0.2, -0.15) is 5.26 Å². The number of hydrogen-bond donors (Lipinski definition) is 0. The molecular formula is C10H13N3S. The van der Waals surface area contributed by atoms with Gasteiger partial charge in [0, 0.05) is 17.8 Å². The highest BCUT2D eigenvalue weighted by molar-refractivity contribution is 7.09. The Morgan fingerprint density at radius 3 is 3.29 bits per heavy atom. The highest BCUT2D eigenvalue weighted by Gasteiger charge is 2.22. The van der Waals surface area contributed by atoms with Gasteiger partial charge >= 0.3 is 0 Å². The fraction of sp³-hybridized carbons (Fsp3) is 0.600. The van der Waals surface area contributed by atoms with Crippen LogP contribution in [0.4, 0.5) is 0 Å². The molecule has 0 saturated carbocycles. The van der Waals surface area contributed by atoms with E-state index >= 15 is 0 Å². The zero-order valence-electron chi connectivity index (χ0n) is 8.23. The Labute approximate surface area is 88.0 Å². The Kier molecular flexibility index (Phi) is 2.80. The first-order chi connectivity index (χ1) is 6.79. The summed E-state index contributed by atoms with van der Waals surface area (Å²) in [5, 5.41) is 11.6. The van der Waals surface area contributed by atoms with Crippen LogP contribution in [0.3, 0.4) is 0 Å². The second-order valence-electron chi connectivity index (χ2n) is 3.75. The third-order valence-corrected chi connectivity index (χ3v) is 3.48. The minimum absolute atomic E-state index is 0.452. The fourth-order valence-corrected chi connectivity index (χ4v) is 2.65. The molecule has 1 unspecified atom stereocenters. The summed E-state index contributed by atoms with van der Waals surface area (Å²) in [6, 6.07) is 2.13. The van der Waals surface area contributed by atoms with Crippen molar-refractivity contribution in [3.8, 4) is 6.07 Å². The largest absolute Gasteiger partial charge is 0.306 e. The lowest BCUT2D eigenvalue weighted by Crippen LogP contribution is -2.13. The van der Waals surface area contributed by atoms with E-state index in [1.54, 1.807) is 11.3 Å². The quantitative estimate of drug-likeness (QED) is 0.740. The average Bonchev–Trinajstić information content (AvgIpc) is 2.74. The Morgan fingerprint density at radius 1 is 1.79 bits per heavy atom. The van der Waals surface area contributed by atoms with Crippen molar-refractivity contribution >= 4 is 11.3 Å². The number of hydrogen-bond acceptors (Lipinski definition) is 4. The number of likely N-dealkylation sites (N-methyl/N-ethyl adjacent to an activating group) is 1. The van der Waals surface area contributed by atoms with E-state index in [0.29, 0.717) is 12.3 Å². The molecule has 4 heteroatoms. The molecule has 3 nitrogen and oxygen atoms in total. The van der Waals surface area contributed by atoms with Crippen molar-refractivity contribution in [2.45, 2.75) is 18.8 Å². The Hall–Kier alpha value is -0.920. The summed E-state index contributed by atoms with van der Waals surface area (Å²) in [5.74, 6) is 0.587. The Morgan fingerprint density at radius 2 is 2.64 bits per heavy atom. The highest BCUT2D eigenvalue weighted by atomic mass is 32.1. The van der Waals surface area contributed by atoms with Gasteiger partial charge in [0.15, 0.2) is 0 Å². The topological polar surface area (TPSA) is 39.9 Å². The molecule has 14 heavy (non-hydrogen) atoms. The summed E-state index contributed by atoms with van der Waals surface area (Å²) in [7, 11) is 2.14. The lowest BCUT2D eigenvalue weighted by atomic mass is 10.1. The van der Waals surface area contributed by atoms with Crippen LogP contribution in [0.2, 0.25) is 0 Å². The SMILES string of the molecule is CN1CCC(c2csc(CC#N)n2)C1. The Bertz CT molecular complexity index is 352. The average molecular weight is 207 g/mol. The first kappa shape index (κ1) is 9.63. The van der Waals surface area contributed by atoms with Gasteiger partial charge < -0.3 is 4.90 Å². The van der Waals surface area contributed by atoms with Crippen LogP contribution in [-0.4, -0.2) is 30.0 Å². The smallest absolute Gasteiger partial charge is 0.107 e. The number of likely N-dealkylation sites (tertiary alicyclic amines) is 1. The van der Waals surface area contributed by atoms with Crippen molar-refractivity contribution in [1.29, 1.82) is 5.26 Å². The maximum atomic E-state index is 8.54. The van der Waals surface area contributed by atoms with E-state index in [1.807, 2.05) is 0 Å². The number of thiazole rings is 1. The summed E-state index contributed by atoms with van der Waals surface area (Å²) in [5.41, 5.74) is 1.18. The zero-order chi connectivity index (χ0) is 9.97. The molecule has 0 radical (unpaired) electrons. The lowest BCUT2D eigenvalue weighted by molar-refractivity contribution is 0.411. The fourth-order valence-electron chi connectivity index (χ4n) is 1.84. The summed E-state index contributed by atoms with van der Waals surface area (Å²) in [6.45, 7) is 2.27. The normalized spacial score (nSPS) is 22.4. The van der Waals surface area contributed by atoms with Crippen LogP contribution in [0, 0.1) is 11.3 Å². The first-order valence-electron chi connectivity index (χ1n) is 4.79. The van der Waals surface area contributed by atoms with Crippen LogP contribution in [0.25, 0.3) is 0 Å². The summed E-state index contributed by atoms with van der Waals surface area (Å²) in [6.07, 6.45) is 1.65. The number of nitrogens with zero attached hydrogens (tertiary/aromatic N) is 3. The monoisotopic (exact) mass is 207 g/mol. The maximum absolute atomic E-state index is 8.54. The molecule has 1 aliphatic heterocycles. The predicted molar refractivity (Wildman–Crippen MR) is 56.3 cm³/mol. The minimum atomic E-state index is 0.452. The van der Waals surface area contributed by atoms with Crippen molar-refractivity contribution in [3.63, 3.8) is 0 Å². The van der Waals surface area contributed by atoms with Crippen LogP contribution in [-0.2, 0) is 6.42 Å². The van der Waals surface area contributed by atoms with Crippen molar-refractivity contribution < 1.29 is 0 Å². The van der Waals surface area contributed by atoms with Crippen LogP contribution >= 0.6 is 11.3 Å². The molecular weight excluding hydrogens is 194 g/mol. The van der Waals surface area contributed by atoms with Gasteiger partial charge in [-0.15, -0.1) is 11.3 Å². The van der Waals surface area contributed by atoms with Crippen molar-refractivity contribution in [3.05, 3.63) is 16.1 Å². The molecule has 0 amide bonds. The molecule has 0 spiro atoms. The number of aromatic nitrogens is 1. The molecule has 1 aromatic rings. The van der Waals surface area contributed by atoms with Crippen LogP contribution in [0.15, 0.2) is 5.38 Å². The van der Waals surface area contributed by atoms with Crippen molar-refractivity contribution in [1.82, 2.24) is 9.88 Å². The maximum Gasteiger partial charge on any atom is 0.107 e. The minimum Gasteiger partial charge on any atom is -0.306 e. The van der Waals surface area contributed by atoms with E-state index < -0.39 is 0 Å². The number of nitriles is 1. The van der Waals surface area contributed by atoms with E-state index in [0.717, 1.165) is 18.1 Å². The van der Waals surface area contributed by atoms with Gasteiger partial charge in [-0.25, -0.2) is 4.98 Å². The summed E-state index contributed by atoms with van der Waals surface area (Å²) < 4.78 is 0. The lowest BCUT2D eigenvalue weighted by Gasteiger charge is -2.06. The molecule has 0 N–H and O–H groups in total. The van der Waals surface area contributed by atoms with Gasteiger partial charge in [-0.3, -0.25) is 0 Å². The molecule has 0 aromatic carbocycles. The van der Waals surface area contributed by atoms with E-state index in [2.05, 4.69) is 28.4 Å². The molecule has 1 saturated heterocycles. The molecule has 0 bridgehead atoms. The standard InChI is InChI=1S/C10H13N3S/c1-13-5-3-8(6-13)9-7-14-10(12-9)2-4-11/h7-8H,2-3,5-6H2,1H3. The van der Waals surface area contributed by atoms with Gasteiger partial charge in [-0.05, 0) is 20.0 Å². The zero-order valence-corrected chi connectivity index (χ0v) is 9.05. The van der Waals surface area contributed by atoms with E-state index in [-0.39, 0.29) is 0 Å². The molecule has 1 fully saturated rings. The molecule has 1 aliphatic rings.